The lowest BCUT2D eigenvalue weighted by Crippen LogP contribution is -2.37. The van der Waals surface area contributed by atoms with Crippen molar-refractivity contribution < 1.29 is 9.47 Å². The van der Waals surface area contributed by atoms with E-state index >= 15 is 0 Å². The van der Waals surface area contributed by atoms with E-state index in [2.05, 4.69) is 20.6 Å². The summed E-state index contributed by atoms with van der Waals surface area (Å²) in [5.41, 5.74) is 2.20. The van der Waals surface area contributed by atoms with E-state index < -0.39 is 0 Å². The maximum Gasteiger partial charge on any atom is 0.191 e. The molecule has 0 unspecified atom stereocenters. The van der Waals surface area contributed by atoms with E-state index in [0.717, 1.165) is 41.6 Å². The third-order valence-electron chi connectivity index (χ3n) is 3.71. The zero-order chi connectivity index (χ0) is 18.8. The Morgan fingerprint density at radius 2 is 1.93 bits per heavy atom. The molecule has 0 fully saturated rings. The molecule has 1 heterocycles. The van der Waals surface area contributed by atoms with Crippen LogP contribution in [0.25, 0.3) is 0 Å². The van der Waals surface area contributed by atoms with Crippen LogP contribution in [-0.2, 0) is 13.0 Å². The van der Waals surface area contributed by atoms with Crippen LogP contribution >= 0.6 is 35.6 Å². The Morgan fingerprint density at radius 3 is 2.56 bits per heavy atom. The Morgan fingerprint density at radius 1 is 1.15 bits per heavy atom. The molecule has 1 aromatic heterocycles. The standard InChI is InChI=1S/C19H25ClN4O2.HI/c1-4-26-17-11-15(5-7-16(17)25-3)13-24-19(21-2)22-10-9-14-6-8-18(20)23-12-14;/h5-8,11-12H,4,9-10,13H2,1-3H3,(H2,21,22,24);1H. The lowest BCUT2D eigenvalue weighted by molar-refractivity contribution is 0.310. The van der Waals surface area contributed by atoms with Crippen molar-refractivity contribution in [2.24, 2.45) is 4.99 Å². The van der Waals surface area contributed by atoms with Gasteiger partial charge < -0.3 is 20.1 Å². The molecular formula is C19H26ClIN4O2. The minimum Gasteiger partial charge on any atom is -0.493 e. The number of ether oxygens (including phenoxy) is 2. The van der Waals surface area contributed by atoms with Crippen LogP contribution < -0.4 is 20.1 Å². The summed E-state index contributed by atoms with van der Waals surface area (Å²) in [4.78, 5) is 8.32. The van der Waals surface area contributed by atoms with Crippen molar-refractivity contribution in [2.45, 2.75) is 19.9 Å². The van der Waals surface area contributed by atoms with Crippen LogP contribution in [0.1, 0.15) is 18.1 Å². The summed E-state index contributed by atoms with van der Waals surface area (Å²) < 4.78 is 10.9. The summed E-state index contributed by atoms with van der Waals surface area (Å²) in [7, 11) is 3.39. The maximum atomic E-state index is 5.80. The SMILES string of the molecule is CCOc1cc(CNC(=NC)NCCc2ccc(Cl)nc2)ccc1OC.I. The molecule has 0 radical (unpaired) electrons. The van der Waals surface area contributed by atoms with E-state index in [0.29, 0.717) is 18.3 Å². The van der Waals surface area contributed by atoms with E-state index in [1.54, 1.807) is 26.4 Å². The van der Waals surface area contributed by atoms with Crippen LogP contribution in [-0.4, -0.2) is 38.3 Å². The van der Waals surface area contributed by atoms with Crippen LogP contribution in [0.2, 0.25) is 5.15 Å². The number of hydrogen-bond acceptors (Lipinski definition) is 4. The highest BCUT2D eigenvalue weighted by Gasteiger charge is 2.06. The number of nitrogens with zero attached hydrogens (tertiary/aromatic N) is 2. The first kappa shape index (κ1) is 23.3. The van der Waals surface area contributed by atoms with Gasteiger partial charge in [0, 0.05) is 26.3 Å². The van der Waals surface area contributed by atoms with Gasteiger partial charge in [-0.2, -0.15) is 0 Å². The number of benzene rings is 1. The largest absolute Gasteiger partial charge is 0.493 e. The summed E-state index contributed by atoms with van der Waals surface area (Å²) in [6.07, 6.45) is 2.62. The fourth-order valence-corrected chi connectivity index (χ4v) is 2.50. The Kier molecular flexibility index (Phi) is 10.9. The van der Waals surface area contributed by atoms with Gasteiger partial charge in [0.25, 0.3) is 0 Å². The van der Waals surface area contributed by atoms with Gasteiger partial charge in [0.15, 0.2) is 17.5 Å². The van der Waals surface area contributed by atoms with Gasteiger partial charge in [0.1, 0.15) is 5.15 Å². The number of guanidine groups is 1. The van der Waals surface area contributed by atoms with Crippen molar-refractivity contribution in [1.82, 2.24) is 15.6 Å². The summed E-state index contributed by atoms with van der Waals surface area (Å²) in [5.74, 6) is 2.21. The maximum absolute atomic E-state index is 5.80. The number of aromatic nitrogens is 1. The van der Waals surface area contributed by atoms with Crippen LogP contribution in [0, 0.1) is 0 Å². The molecule has 6 nitrogen and oxygen atoms in total. The Hall–Kier alpha value is -1.74. The van der Waals surface area contributed by atoms with Gasteiger partial charge >= 0.3 is 0 Å². The average Bonchev–Trinajstić information content (AvgIpc) is 2.66. The molecule has 0 atom stereocenters. The number of nitrogens with one attached hydrogen (secondary N) is 2. The van der Waals surface area contributed by atoms with Crippen molar-refractivity contribution in [1.29, 1.82) is 0 Å². The molecule has 148 valence electrons. The highest BCUT2D eigenvalue weighted by Crippen LogP contribution is 2.27. The lowest BCUT2D eigenvalue weighted by Gasteiger charge is -2.14. The van der Waals surface area contributed by atoms with E-state index in [1.807, 2.05) is 31.2 Å². The quantitative estimate of drug-likeness (QED) is 0.249. The summed E-state index contributed by atoms with van der Waals surface area (Å²) in [6, 6.07) is 9.65. The van der Waals surface area contributed by atoms with Gasteiger partial charge in [-0.15, -0.1) is 24.0 Å². The van der Waals surface area contributed by atoms with Crippen molar-refractivity contribution in [3.63, 3.8) is 0 Å². The third kappa shape index (κ3) is 7.80. The van der Waals surface area contributed by atoms with Gasteiger partial charge in [0.05, 0.1) is 13.7 Å². The van der Waals surface area contributed by atoms with Gasteiger partial charge in [-0.25, -0.2) is 4.98 Å². The molecule has 27 heavy (non-hydrogen) atoms. The minimum atomic E-state index is 0. The number of aliphatic imine (C=N–C) groups is 1. The van der Waals surface area contributed by atoms with E-state index in [1.165, 1.54) is 0 Å². The monoisotopic (exact) mass is 504 g/mol. The molecule has 0 aliphatic heterocycles. The first-order chi connectivity index (χ1) is 12.7. The highest BCUT2D eigenvalue weighted by molar-refractivity contribution is 14.0. The van der Waals surface area contributed by atoms with Crippen molar-refractivity contribution in [3.8, 4) is 11.5 Å². The Labute approximate surface area is 182 Å². The topological polar surface area (TPSA) is 67.8 Å². The smallest absolute Gasteiger partial charge is 0.191 e. The first-order valence-electron chi connectivity index (χ1n) is 8.51. The van der Waals surface area contributed by atoms with Gasteiger partial charge in [-0.3, -0.25) is 4.99 Å². The fourth-order valence-electron chi connectivity index (χ4n) is 2.39. The van der Waals surface area contributed by atoms with Gasteiger partial charge in [-0.05, 0) is 42.7 Å². The molecule has 2 rings (SSSR count). The van der Waals surface area contributed by atoms with Crippen LogP contribution in [0.5, 0.6) is 11.5 Å². The number of methoxy groups -OCH3 is 1. The highest BCUT2D eigenvalue weighted by atomic mass is 127. The molecule has 0 spiro atoms. The number of hydrogen-bond donors (Lipinski definition) is 2. The van der Waals surface area contributed by atoms with E-state index in [9.17, 15) is 0 Å². The minimum absolute atomic E-state index is 0. The predicted octanol–water partition coefficient (Wildman–Crippen LogP) is 3.67. The predicted molar refractivity (Wildman–Crippen MR) is 121 cm³/mol. The van der Waals surface area contributed by atoms with Gasteiger partial charge in [-0.1, -0.05) is 23.7 Å². The summed E-state index contributed by atoms with van der Waals surface area (Å²) in [5, 5.41) is 7.09. The number of pyridine rings is 1. The molecule has 0 saturated heterocycles. The molecule has 0 aliphatic rings. The normalized spacial score (nSPS) is 10.7. The van der Waals surface area contributed by atoms with Crippen molar-refractivity contribution in [3.05, 3.63) is 52.8 Å². The Bertz CT molecular complexity index is 726. The second-order valence-electron chi connectivity index (χ2n) is 5.51. The molecule has 8 heteroatoms. The second kappa shape index (κ2) is 12.6. The molecule has 0 amide bonds. The molecule has 0 aliphatic carbocycles. The van der Waals surface area contributed by atoms with Crippen LogP contribution in [0.3, 0.4) is 0 Å². The molecular weight excluding hydrogens is 479 g/mol. The third-order valence-corrected chi connectivity index (χ3v) is 3.93. The molecule has 2 aromatic rings. The zero-order valence-corrected chi connectivity index (χ0v) is 18.9. The van der Waals surface area contributed by atoms with E-state index in [4.69, 9.17) is 21.1 Å². The lowest BCUT2D eigenvalue weighted by atomic mass is 10.2. The molecule has 0 saturated carbocycles. The molecule has 1 aromatic carbocycles. The number of rotatable bonds is 8. The second-order valence-corrected chi connectivity index (χ2v) is 5.90. The fraction of sp³-hybridized carbons (Fsp3) is 0.368. The first-order valence-corrected chi connectivity index (χ1v) is 8.88. The summed E-state index contributed by atoms with van der Waals surface area (Å²) in [6.45, 7) is 3.92. The molecule has 2 N–H and O–H groups in total. The summed E-state index contributed by atoms with van der Waals surface area (Å²) >= 11 is 5.80. The van der Waals surface area contributed by atoms with Crippen LogP contribution in [0.15, 0.2) is 41.5 Å². The van der Waals surface area contributed by atoms with Crippen molar-refractivity contribution in [2.75, 3.05) is 27.3 Å². The molecule has 0 bridgehead atoms. The number of halogens is 2. The zero-order valence-electron chi connectivity index (χ0n) is 15.8. The van der Waals surface area contributed by atoms with Crippen molar-refractivity contribution >= 4 is 41.5 Å². The average molecular weight is 505 g/mol. The van der Waals surface area contributed by atoms with Crippen LogP contribution in [0.4, 0.5) is 0 Å². The Balaban J connectivity index is 0.00000364. The van der Waals surface area contributed by atoms with Gasteiger partial charge in [0.2, 0.25) is 0 Å². The van der Waals surface area contributed by atoms with E-state index in [-0.39, 0.29) is 24.0 Å².